The van der Waals surface area contributed by atoms with Crippen LogP contribution in [0.3, 0.4) is 0 Å². The molecule has 1 aliphatic rings. The van der Waals surface area contributed by atoms with Crippen LogP contribution in [0.4, 0.5) is 5.69 Å². The second-order valence-electron chi connectivity index (χ2n) is 7.79. The molecule has 1 aromatic heterocycles. The first-order valence-electron chi connectivity index (χ1n) is 10.4. The van der Waals surface area contributed by atoms with E-state index in [0.717, 1.165) is 24.0 Å². The van der Waals surface area contributed by atoms with Crippen LogP contribution in [0.25, 0.3) is 10.9 Å². The molecule has 0 bridgehead atoms. The van der Waals surface area contributed by atoms with Gasteiger partial charge in [-0.25, -0.2) is 0 Å². The maximum absolute atomic E-state index is 13.2. The van der Waals surface area contributed by atoms with Gasteiger partial charge in [-0.15, -0.1) is 0 Å². The van der Waals surface area contributed by atoms with E-state index in [9.17, 15) is 4.79 Å². The van der Waals surface area contributed by atoms with Crippen molar-refractivity contribution in [1.82, 2.24) is 9.88 Å². The van der Waals surface area contributed by atoms with Gasteiger partial charge >= 0.3 is 0 Å². The normalized spacial score (nSPS) is 14.1. The molecule has 1 aliphatic heterocycles. The molecule has 0 radical (unpaired) electrons. The molecule has 0 aliphatic carbocycles. The Kier molecular flexibility index (Phi) is 5.67. The predicted octanol–water partition coefficient (Wildman–Crippen LogP) is 3.77. The van der Waals surface area contributed by atoms with Crippen molar-refractivity contribution in [3.63, 3.8) is 0 Å². The molecule has 7 nitrogen and oxygen atoms in total. The largest absolute Gasteiger partial charge is 0.493 e. The highest BCUT2D eigenvalue weighted by Gasteiger charge is 2.26. The second-order valence-corrected chi connectivity index (χ2v) is 7.79. The first-order chi connectivity index (χ1) is 15.0. The lowest BCUT2D eigenvalue weighted by Crippen LogP contribution is -2.49. The molecule has 31 heavy (non-hydrogen) atoms. The molecule has 1 N–H and O–H groups in total. The van der Waals surface area contributed by atoms with Crippen LogP contribution in [-0.4, -0.2) is 63.3 Å². The number of benzene rings is 2. The maximum atomic E-state index is 13.2. The van der Waals surface area contributed by atoms with Crippen LogP contribution in [-0.2, 0) is 0 Å². The molecule has 0 saturated carbocycles. The number of nitrogens with zero attached hydrogens (tertiary/aromatic N) is 2. The molecule has 1 amide bonds. The van der Waals surface area contributed by atoms with E-state index >= 15 is 0 Å². The van der Waals surface area contributed by atoms with E-state index in [0.29, 0.717) is 36.0 Å². The monoisotopic (exact) mass is 423 g/mol. The van der Waals surface area contributed by atoms with E-state index in [1.165, 1.54) is 16.8 Å². The molecule has 0 atom stereocenters. The number of amides is 1. The quantitative estimate of drug-likeness (QED) is 0.677. The van der Waals surface area contributed by atoms with Crippen LogP contribution in [0, 0.1) is 13.8 Å². The van der Waals surface area contributed by atoms with E-state index in [-0.39, 0.29) is 5.91 Å². The van der Waals surface area contributed by atoms with Gasteiger partial charge in [-0.2, -0.15) is 0 Å². The summed E-state index contributed by atoms with van der Waals surface area (Å²) in [6, 6.07) is 10.0. The number of hydrogen-bond donors (Lipinski definition) is 1. The lowest BCUT2D eigenvalue weighted by molar-refractivity contribution is 0.0742. The van der Waals surface area contributed by atoms with Crippen molar-refractivity contribution in [3.8, 4) is 17.2 Å². The van der Waals surface area contributed by atoms with E-state index in [2.05, 4.69) is 41.9 Å². The molecule has 0 spiro atoms. The molecule has 3 aromatic rings. The Hall–Kier alpha value is -3.35. The van der Waals surface area contributed by atoms with Crippen LogP contribution in [0.2, 0.25) is 0 Å². The number of anilines is 1. The number of carbonyl (C=O) groups is 1. The van der Waals surface area contributed by atoms with Gasteiger partial charge in [-0.3, -0.25) is 4.79 Å². The predicted molar refractivity (Wildman–Crippen MR) is 122 cm³/mol. The molecule has 2 aromatic carbocycles. The van der Waals surface area contributed by atoms with Crippen molar-refractivity contribution in [2.75, 3.05) is 52.4 Å². The first-order valence-corrected chi connectivity index (χ1v) is 10.4. The second kappa shape index (κ2) is 8.41. The standard InChI is InChI=1S/C24H29N3O4/c1-15-7-6-8-20(16(15)2)26-9-11-27(12-10-26)24(28)19-13-17-18(25-19)14-21(29-3)23(31-5)22(17)30-4/h6-8,13-14,25H,9-12H2,1-5H3. The Morgan fingerprint density at radius 2 is 1.65 bits per heavy atom. The number of H-pyrrole nitrogens is 1. The summed E-state index contributed by atoms with van der Waals surface area (Å²) in [5.74, 6) is 1.59. The van der Waals surface area contributed by atoms with Crippen molar-refractivity contribution in [2.24, 2.45) is 0 Å². The van der Waals surface area contributed by atoms with Crippen LogP contribution < -0.4 is 19.1 Å². The number of rotatable bonds is 5. The summed E-state index contributed by atoms with van der Waals surface area (Å²) in [5, 5.41) is 0.789. The molecular weight excluding hydrogens is 394 g/mol. The summed E-state index contributed by atoms with van der Waals surface area (Å²) >= 11 is 0. The van der Waals surface area contributed by atoms with Gasteiger partial charge in [0, 0.05) is 43.3 Å². The lowest BCUT2D eigenvalue weighted by Gasteiger charge is -2.36. The van der Waals surface area contributed by atoms with Crippen LogP contribution in [0.5, 0.6) is 17.2 Å². The fourth-order valence-corrected chi connectivity index (χ4v) is 4.26. The fraction of sp³-hybridized carbons (Fsp3) is 0.375. The SMILES string of the molecule is COc1cc2[nH]c(C(=O)N3CCN(c4cccc(C)c4C)CC3)cc2c(OC)c1OC. The maximum Gasteiger partial charge on any atom is 0.270 e. The van der Waals surface area contributed by atoms with Crippen molar-refractivity contribution in [1.29, 1.82) is 0 Å². The number of methoxy groups -OCH3 is 3. The van der Waals surface area contributed by atoms with Crippen molar-refractivity contribution < 1.29 is 19.0 Å². The lowest BCUT2D eigenvalue weighted by atomic mass is 10.1. The average Bonchev–Trinajstić information content (AvgIpc) is 3.23. The zero-order valence-corrected chi connectivity index (χ0v) is 18.7. The number of nitrogens with one attached hydrogen (secondary N) is 1. The molecule has 7 heteroatoms. The minimum absolute atomic E-state index is 0.0169. The number of piperazine rings is 1. The van der Waals surface area contributed by atoms with Gasteiger partial charge in [0.15, 0.2) is 11.5 Å². The zero-order valence-electron chi connectivity index (χ0n) is 18.7. The third-order valence-corrected chi connectivity index (χ3v) is 6.14. The third kappa shape index (κ3) is 3.65. The molecule has 1 saturated heterocycles. The van der Waals surface area contributed by atoms with Crippen molar-refractivity contribution >= 4 is 22.5 Å². The molecule has 1 fully saturated rings. The van der Waals surface area contributed by atoms with Crippen molar-refractivity contribution in [2.45, 2.75) is 13.8 Å². The van der Waals surface area contributed by atoms with Crippen molar-refractivity contribution in [3.05, 3.63) is 47.2 Å². The van der Waals surface area contributed by atoms with E-state index in [1.54, 1.807) is 21.3 Å². The summed E-state index contributed by atoms with van der Waals surface area (Å²) in [5.41, 5.74) is 5.14. The van der Waals surface area contributed by atoms with Gasteiger partial charge in [0.05, 0.1) is 26.8 Å². The number of aromatic nitrogens is 1. The first kappa shape index (κ1) is 20.9. The number of aromatic amines is 1. The Morgan fingerprint density at radius 3 is 2.29 bits per heavy atom. The van der Waals surface area contributed by atoms with E-state index in [4.69, 9.17) is 14.2 Å². The van der Waals surface area contributed by atoms with Gasteiger partial charge in [-0.05, 0) is 37.1 Å². The molecular formula is C24H29N3O4. The smallest absolute Gasteiger partial charge is 0.270 e. The highest BCUT2D eigenvalue weighted by molar-refractivity contribution is 6.01. The average molecular weight is 424 g/mol. The minimum atomic E-state index is -0.0169. The Labute approximate surface area is 182 Å². The number of ether oxygens (including phenoxy) is 3. The van der Waals surface area contributed by atoms with Crippen LogP contribution in [0.1, 0.15) is 21.6 Å². The van der Waals surface area contributed by atoms with E-state index in [1.807, 2.05) is 17.0 Å². The Balaban J connectivity index is 1.56. The fourth-order valence-electron chi connectivity index (χ4n) is 4.26. The highest BCUT2D eigenvalue weighted by Crippen LogP contribution is 2.43. The number of hydrogen-bond acceptors (Lipinski definition) is 5. The van der Waals surface area contributed by atoms with Gasteiger partial charge in [0.2, 0.25) is 5.75 Å². The molecule has 0 unspecified atom stereocenters. The Bertz CT molecular complexity index is 1110. The summed E-state index contributed by atoms with van der Waals surface area (Å²) in [7, 11) is 4.73. The number of fused-ring (bicyclic) bond motifs is 1. The minimum Gasteiger partial charge on any atom is -0.493 e. The molecule has 164 valence electrons. The third-order valence-electron chi connectivity index (χ3n) is 6.14. The Morgan fingerprint density at radius 1 is 0.935 bits per heavy atom. The van der Waals surface area contributed by atoms with Gasteiger partial charge < -0.3 is 29.0 Å². The van der Waals surface area contributed by atoms with Crippen LogP contribution >= 0.6 is 0 Å². The van der Waals surface area contributed by atoms with Gasteiger partial charge in [0.25, 0.3) is 5.91 Å². The molecule has 4 rings (SSSR count). The summed E-state index contributed by atoms with van der Waals surface area (Å²) in [6.07, 6.45) is 0. The number of carbonyl (C=O) groups excluding carboxylic acids is 1. The summed E-state index contributed by atoms with van der Waals surface area (Å²) in [6.45, 7) is 7.24. The van der Waals surface area contributed by atoms with E-state index < -0.39 is 0 Å². The van der Waals surface area contributed by atoms with Gasteiger partial charge in [-0.1, -0.05) is 12.1 Å². The topological polar surface area (TPSA) is 67.0 Å². The highest BCUT2D eigenvalue weighted by atomic mass is 16.5. The molecule has 2 heterocycles. The van der Waals surface area contributed by atoms with Gasteiger partial charge in [0.1, 0.15) is 5.69 Å². The number of aryl methyl sites for hydroxylation is 1. The zero-order chi connectivity index (χ0) is 22.1. The summed E-state index contributed by atoms with van der Waals surface area (Å²) in [4.78, 5) is 20.7. The summed E-state index contributed by atoms with van der Waals surface area (Å²) < 4.78 is 16.4. The van der Waals surface area contributed by atoms with Crippen LogP contribution in [0.15, 0.2) is 30.3 Å².